The van der Waals surface area contributed by atoms with Gasteiger partial charge >= 0.3 is 0 Å². The lowest BCUT2D eigenvalue weighted by Crippen LogP contribution is -2.42. The van der Waals surface area contributed by atoms with Crippen LogP contribution in [0, 0.1) is 23.7 Å². The summed E-state index contributed by atoms with van der Waals surface area (Å²) >= 11 is 7.67. The molecule has 3 aliphatic rings. The molecule has 5 heteroatoms. The quantitative estimate of drug-likeness (QED) is 0.566. The van der Waals surface area contributed by atoms with Gasteiger partial charge in [0, 0.05) is 6.04 Å². The molecule has 4 rings (SSSR count). The second kappa shape index (κ2) is 7.48. The van der Waals surface area contributed by atoms with Crippen molar-refractivity contribution >= 4 is 29.3 Å². The van der Waals surface area contributed by atoms with E-state index in [1.54, 1.807) is 17.8 Å². The SMILES string of the molecule is CCCSc1nc(Cl)ccc1C(=O)NC1CCC2CC3CC2CC1C3. The van der Waals surface area contributed by atoms with E-state index < -0.39 is 0 Å². The van der Waals surface area contributed by atoms with Crippen LogP contribution >= 0.6 is 23.4 Å². The molecule has 5 unspecified atom stereocenters. The van der Waals surface area contributed by atoms with Gasteiger partial charge in [-0.05, 0) is 86.5 Å². The minimum atomic E-state index is 0.0328. The van der Waals surface area contributed by atoms with Gasteiger partial charge in [0.1, 0.15) is 10.2 Å². The molecule has 0 aromatic carbocycles. The molecule has 0 saturated heterocycles. The first-order valence-corrected chi connectivity index (χ1v) is 11.1. The van der Waals surface area contributed by atoms with E-state index in [0.29, 0.717) is 22.7 Å². The van der Waals surface area contributed by atoms with Crippen molar-refractivity contribution in [3.8, 4) is 0 Å². The van der Waals surface area contributed by atoms with Crippen molar-refractivity contribution in [1.82, 2.24) is 10.3 Å². The van der Waals surface area contributed by atoms with Crippen molar-refractivity contribution in [3.05, 3.63) is 22.8 Å². The fraction of sp³-hybridized carbons (Fsp3) is 0.700. The fourth-order valence-electron chi connectivity index (χ4n) is 5.38. The van der Waals surface area contributed by atoms with Crippen LogP contribution in [0.1, 0.15) is 62.2 Å². The summed E-state index contributed by atoms with van der Waals surface area (Å²) < 4.78 is 0. The average Bonchev–Trinajstić information content (AvgIpc) is 2.83. The molecule has 1 amide bonds. The summed E-state index contributed by atoms with van der Waals surface area (Å²) in [6.45, 7) is 2.13. The first-order valence-electron chi connectivity index (χ1n) is 9.74. The Morgan fingerprint density at radius 1 is 1.20 bits per heavy atom. The van der Waals surface area contributed by atoms with Gasteiger partial charge in [-0.25, -0.2) is 4.98 Å². The summed E-state index contributed by atoms with van der Waals surface area (Å²) in [6.07, 6.45) is 9.01. The number of carbonyl (C=O) groups is 1. The molecule has 3 aliphatic carbocycles. The normalized spacial score (nSPS) is 33.3. The number of fused-ring (bicyclic) bond motifs is 2. The summed E-state index contributed by atoms with van der Waals surface area (Å²) in [6, 6.07) is 3.90. The van der Waals surface area contributed by atoms with Gasteiger partial charge in [-0.2, -0.15) is 0 Å². The van der Waals surface area contributed by atoms with Crippen LogP contribution < -0.4 is 5.32 Å². The van der Waals surface area contributed by atoms with E-state index in [0.717, 1.165) is 41.4 Å². The number of thioether (sulfide) groups is 1. The number of hydrogen-bond acceptors (Lipinski definition) is 3. The summed E-state index contributed by atoms with van der Waals surface area (Å²) in [4.78, 5) is 17.4. The number of rotatable bonds is 5. The molecule has 25 heavy (non-hydrogen) atoms. The second-order valence-electron chi connectivity index (χ2n) is 8.08. The van der Waals surface area contributed by atoms with E-state index in [1.165, 1.54) is 32.1 Å². The van der Waals surface area contributed by atoms with E-state index in [1.807, 2.05) is 6.07 Å². The minimum Gasteiger partial charge on any atom is -0.349 e. The van der Waals surface area contributed by atoms with Crippen molar-refractivity contribution in [1.29, 1.82) is 0 Å². The fourth-order valence-corrected chi connectivity index (χ4v) is 6.45. The van der Waals surface area contributed by atoms with Crippen molar-refractivity contribution in [3.63, 3.8) is 0 Å². The third-order valence-electron chi connectivity index (χ3n) is 6.43. The molecule has 3 nitrogen and oxygen atoms in total. The molecule has 0 aliphatic heterocycles. The van der Waals surface area contributed by atoms with Crippen LogP contribution in [0.3, 0.4) is 0 Å². The van der Waals surface area contributed by atoms with Crippen LogP contribution in [0.15, 0.2) is 17.2 Å². The number of aromatic nitrogens is 1. The zero-order valence-electron chi connectivity index (χ0n) is 14.8. The van der Waals surface area contributed by atoms with Crippen molar-refractivity contribution in [2.75, 3.05) is 5.75 Å². The van der Waals surface area contributed by atoms with Crippen molar-refractivity contribution < 1.29 is 4.79 Å². The monoisotopic (exact) mass is 378 g/mol. The number of nitrogens with one attached hydrogen (secondary N) is 1. The number of nitrogens with zero attached hydrogens (tertiary/aromatic N) is 1. The third-order valence-corrected chi connectivity index (χ3v) is 7.84. The maximum atomic E-state index is 13.0. The molecular weight excluding hydrogens is 352 g/mol. The van der Waals surface area contributed by atoms with Gasteiger partial charge in [-0.3, -0.25) is 4.79 Å². The van der Waals surface area contributed by atoms with E-state index in [-0.39, 0.29) is 5.91 Å². The molecule has 136 valence electrons. The van der Waals surface area contributed by atoms with Crippen LogP contribution in [-0.2, 0) is 0 Å². The number of halogens is 1. The Balaban J connectivity index is 1.48. The van der Waals surface area contributed by atoms with Gasteiger partial charge in [0.2, 0.25) is 0 Å². The lowest BCUT2D eigenvalue weighted by molar-refractivity contribution is 0.0898. The van der Waals surface area contributed by atoms with E-state index in [4.69, 9.17) is 11.6 Å². The van der Waals surface area contributed by atoms with Gasteiger partial charge in [0.15, 0.2) is 0 Å². The summed E-state index contributed by atoms with van der Waals surface area (Å²) in [5.74, 6) is 4.42. The molecule has 1 aromatic heterocycles. The van der Waals surface area contributed by atoms with Crippen LogP contribution in [0.5, 0.6) is 0 Å². The van der Waals surface area contributed by atoms with Gasteiger partial charge < -0.3 is 5.32 Å². The molecule has 3 saturated carbocycles. The van der Waals surface area contributed by atoms with E-state index >= 15 is 0 Å². The number of pyridine rings is 1. The third kappa shape index (κ3) is 3.71. The molecule has 0 spiro atoms. The van der Waals surface area contributed by atoms with Crippen LogP contribution in [0.4, 0.5) is 0 Å². The van der Waals surface area contributed by atoms with Gasteiger partial charge in [-0.1, -0.05) is 18.5 Å². The summed E-state index contributed by atoms with van der Waals surface area (Å²) in [5.41, 5.74) is 0.685. The first-order chi connectivity index (χ1) is 12.1. The molecule has 5 atom stereocenters. The number of carbonyl (C=O) groups excluding carboxylic acids is 1. The molecule has 0 radical (unpaired) electrons. The maximum absolute atomic E-state index is 13.0. The Bertz CT molecular complexity index is 653. The highest BCUT2D eigenvalue weighted by atomic mass is 35.5. The van der Waals surface area contributed by atoms with Crippen molar-refractivity contribution in [2.24, 2.45) is 23.7 Å². The van der Waals surface area contributed by atoms with E-state index in [2.05, 4.69) is 17.2 Å². The predicted octanol–water partition coefficient (Wildman–Crippen LogP) is 5.18. The zero-order chi connectivity index (χ0) is 17.4. The number of amides is 1. The Labute approximate surface area is 159 Å². The maximum Gasteiger partial charge on any atom is 0.254 e. The zero-order valence-corrected chi connectivity index (χ0v) is 16.4. The highest BCUT2D eigenvalue weighted by molar-refractivity contribution is 7.99. The van der Waals surface area contributed by atoms with Gasteiger partial charge in [-0.15, -0.1) is 11.8 Å². The number of hydrogen-bond donors (Lipinski definition) is 1. The standard InChI is InChI=1S/C20H27ClN2OS/c1-2-7-25-20-16(4-6-18(21)23-20)19(24)22-17-5-3-13-8-12-9-14(13)11-15(17)10-12/h4,6,12-15,17H,2-3,5,7-11H2,1H3,(H,22,24). The second-order valence-corrected chi connectivity index (χ2v) is 9.55. The Hall–Kier alpha value is -0.740. The van der Waals surface area contributed by atoms with Crippen LogP contribution in [-0.4, -0.2) is 22.7 Å². The Morgan fingerprint density at radius 2 is 2.00 bits per heavy atom. The molecule has 3 fully saturated rings. The van der Waals surface area contributed by atoms with Gasteiger partial charge in [0.25, 0.3) is 5.91 Å². The largest absolute Gasteiger partial charge is 0.349 e. The molecular formula is C20H27ClN2OS. The average molecular weight is 379 g/mol. The first kappa shape index (κ1) is 17.7. The predicted molar refractivity (Wildman–Crippen MR) is 103 cm³/mol. The highest BCUT2D eigenvalue weighted by Gasteiger charge is 2.45. The van der Waals surface area contributed by atoms with E-state index in [9.17, 15) is 4.79 Å². The summed E-state index contributed by atoms with van der Waals surface area (Å²) in [5, 5.41) is 4.60. The topological polar surface area (TPSA) is 42.0 Å². The molecule has 1 heterocycles. The highest BCUT2D eigenvalue weighted by Crippen LogP contribution is 2.53. The van der Waals surface area contributed by atoms with Crippen LogP contribution in [0.2, 0.25) is 5.15 Å². The Morgan fingerprint density at radius 3 is 2.84 bits per heavy atom. The van der Waals surface area contributed by atoms with Crippen molar-refractivity contribution in [2.45, 2.75) is 62.9 Å². The van der Waals surface area contributed by atoms with Crippen LogP contribution in [0.25, 0.3) is 0 Å². The lowest BCUT2D eigenvalue weighted by Gasteiger charge is -2.33. The molecule has 3 bridgehead atoms. The minimum absolute atomic E-state index is 0.0328. The van der Waals surface area contributed by atoms with Gasteiger partial charge in [0.05, 0.1) is 5.56 Å². The molecule has 1 N–H and O–H groups in total. The Kier molecular flexibility index (Phi) is 5.28. The lowest BCUT2D eigenvalue weighted by atomic mass is 9.77. The summed E-state index contributed by atoms with van der Waals surface area (Å²) in [7, 11) is 0. The smallest absolute Gasteiger partial charge is 0.254 e. The molecule has 1 aromatic rings.